The van der Waals surface area contributed by atoms with Crippen LogP contribution in [0.3, 0.4) is 0 Å². The summed E-state index contributed by atoms with van der Waals surface area (Å²) >= 11 is 0. The number of ether oxygens (including phenoxy) is 2. The van der Waals surface area contributed by atoms with Gasteiger partial charge < -0.3 is 9.47 Å². The fourth-order valence-corrected chi connectivity index (χ4v) is 2.53. The van der Waals surface area contributed by atoms with Gasteiger partial charge in [-0.25, -0.2) is 9.97 Å². The number of rotatable bonds is 3. The fourth-order valence-electron chi connectivity index (χ4n) is 2.53. The largest absolute Gasteiger partial charge is 0.493 e. The Hall–Kier alpha value is -3.06. The molecule has 4 heteroatoms. The van der Waals surface area contributed by atoms with Crippen molar-refractivity contribution < 1.29 is 9.47 Å². The van der Waals surface area contributed by atoms with Gasteiger partial charge in [-0.15, -0.1) is 5.92 Å². The zero-order chi connectivity index (χ0) is 16.2. The van der Waals surface area contributed by atoms with E-state index in [-0.39, 0.29) is 0 Å². The highest BCUT2D eigenvalue weighted by atomic mass is 16.5. The van der Waals surface area contributed by atoms with Crippen molar-refractivity contribution in [3.63, 3.8) is 0 Å². The molecule has 3 rings (SSSR count). The zero-order valence-electron chi connectivity index (χ0n) is 13.3. The lowest BCUT2D eigenvalue weighted by molar-refractivity contribution is 0.356. The van der Waals surface area contributed by atoms with Crippen LogP contribution in [0.1, 0.15) is 12.5 Å². The van der Waals surface area contributed by atoms with Crippen LogP contribution in [0, 0.1) is 11.8 Å². The van der Waals surface area contributed by atoms with E-state index in [4.69, 9.17) is 9.47 Å². The third-order valence-corrected chi connectivity index (χ3v) is 3.58. The number of fused-ring (bicyclic) bond motifs is 1. The first kappa shape index (κ1) is 14.9. The molecule has 4 nitrogen and oxygen atoms in total. The van der Waals surface area contributed by atoms with Crippen LogP contribution in [0.5, 0.6) is 11.5 Å². The van der Waals surface area contributed by atoms with Crippen molar-refractivity contribution in [2.45, 2.75) is 6.92 Å². The van der Waals surface area contributed by atoms with Gasteiger partial charge in [0, 0.05) is 22.6 Å². The molecule has 0 atom stereocenters. The average Bonchev–Trinajstić information content (AvgIpc) is 2.60. The molecule has 114 valence electrons. The minimum Gasteiger partial charge on any atom is -0.493 e. The van der Waals surface area contributed by atoms with Crippen molar-refractivity contribution in [3.05, 3.63) is 48.3 Å². The molecule has 0 saturated heterocycles. The van der Waals surface area contributed by atoms with Crippen LogP contribution in [0.4, 0.5) is 0 Å². The molecular formula is C19H16N2O2. The van der Waals surface area contributed by atoms with Crippen molar-refractivity contribution in [2.24, 2.45) is 0 Å². The molecule has 1 aromatic heterocycles. The van der Waals surface area contributed by atoms with E-state index in [0.29, 0.717) is 11.5 Å². The minimum absolute atomic E-state index is 0.645. The van der Waals surface area contributed by atoms with E-state index >= 15 is 0 Å². The second-order valence-corrected chi connectivity index (χ2v) is 4.87. The van der Waals surface area contributed by atoms with Crippen molar-refractivity contribution in [2.75, 3.05) is 14.2 Å². The van der Waals surface area contributed by atoms with E-state index in [9.17, 15) is 0 Å². The number of nitrogens with zero attached hydrogens (tertiary/aromatic N) is 2. The summed E-state index contributed by atoms with van der Waals surface area (Å²) in [6.07, 6.45) is 1.56. The third kappa shape index (κ3) is 2.69. The lowest BCUT2D eigenvalue weighted by Gasteiger charge is -2.11. The summed E-state index contributed by atoms with van der Waals surface area (Å²) in [7, 11) is 3.22. The Morgan fingerprint density at radius 3 is 2.43 bits per heavy atom. The highest BCUT2D eigenvalue weighted by molar-refractivity contribution is 5.95. The van der Waals surface area contributed by atoms with Crippen molar-refractivity contribution in [1.29, 1.82) is 0 Å². The monoisotopic (exact) mass is 304 g/mol. The highest BCUT2D eigenvalue weighted by Crippen LogP contribution is 2.35. The topological polar surface area (TPSA) is 44.2 Å². The van der Waals surface area contributed by atoms with Gasteiger partial charge in [0.05, 0.1) is 25.4 Å². The molecule has 1 heterocycles. The summed E-state index contributed by atoms with van der Waals surface area (Å²) < 4.78 is 10.7. The minimum atomic E-state index is 0.645. The standard InChI is InChI=1S/C19H16N2O2/c1-4-7-13-8-5-6-9-14(13)19-15-10-17(22-2)18(23-3)11-16(15)20-12-21-19/h5-6,8-12H,1-3H3. The molecule has 2 aromatic carbocycles. The molecule has 0 fully saturated rings. The van der Waals surface area contributed by atoms with Gasteiger partial charge in [-0.05, 0) is 19.1 Å². The van der Waals surface area contributed by atoms with E-state index in [1.165, 1.54) is 0 Å². The summed E-state index contributed by atoms with van der Waals surface area (Å²) in [6, 6.07) is 11.7. The van der Waals surface area contributed by atoms with Gasteiger partial charge >= 0.3 is 0 Å². The maximum absolute atomic E-state index is 5.40. The molecule has 3 aromatic rings. The Kier molecular flexibility index (Phi) is 4.11. The van der Waals surface area contributed by atoms with Crippen LogP contribution < -0.4 is 9.47 Å². The Balaban J connectivity index is 2.32. The average molecular weight is 304 g/mol. The summed E-state index contributed by atoms with van der Waals surface area (Å²) in [5, 5.41) is 0.899. The van der Waals surface area contributed by atoms with Crippen molar-refractivity contribution in [1.82, 2.24) is 9.97 Å². The Morgan fingerprint density at radius 1 is 0.957 bits per heavy atom. The fraction of sp³-hybridized carbons (Fsp3) is 0.158. The molecule has 0 bridgehead atoms. The maximum Gasteiger partial charge on any atom is 0.162 e. The molecule has 0 amide bonds. The predicted molar refractivity (Wildman–Crippen MR) is 90.6 cm³/mol. The molecule has 0 N–H and O–H groups in total. The SMILES string of the molecule is CC#Cc1ccccc1-c1ncnc2cc(OC)c(OC)cc12. The first-order valence-electron chi connectivity index (χ1n) is 7.17. The Bertz CT molecular complexity index is 924. The van der Waals surface area contributed by atoms with Crippen LogP contribution in [-0.2, 0) is 0 Å². The molecule has 0 radical (unpaired) electrons. The van der Waals surface area contributed by atoms with Crippen LogP contribution in [0.15, 0.2) is 42.7 Å². The Morgan fingerprint density at radius 2 is 1.70 bits per heavy atom. The van der Waals surface area contributed by atoms with Gasteiger partial charge in [0.25, 0.3) is 0 Å². The number of aromatic nitrogens is 2. The van der Waals surface area contributed by atoms with Gasteiger partial charge in [-0.3, -0.25) is 0 Å². The van der Waals surface area contributed by atoms with Gasteiger partial charge in [0.15, 0.2) is 11.5 Å². The molecular weight excluding hydrogens is 288 g/mol. The van der Waals surface area contributed by atoms with E-state index < -0.39 is 0 Å². The number of hydrogen-bond acceptors (Lipinski definition) is 4. The molecule has 0 spiro atoms. The molecule has 0 aliphatic heterocycles. The first-order valence-corrected chi connectivity index (χ1v) is 7.17. The second kappa shape index (κ2) is 6.37. The van der Waals surface area contributed by atoms with Crippen molar-refractivity contribution >= 4 is 10.9 Å². The lowest BCUT2D eigenvalue weighted by atomic mass is 10.0. The van der Waals surface area contributed by atoms with E-state index in [0.717, 1.165) is 27.7 Å². The number of benzene rings is 2. The van der Waals surface area contributed by atoms with Gasteiger partial charge in [0.1, 0.15) is 6.33 Å². The van der Waals surface area contributed by atoms with Crippen LogP contribution in [0.25, 0.3) is 22.2 Å². The number of methoxy groups -OCH3 is 2. The summed E-state index contributed by atoms with van der Waals surface area (Å²) in [5.41, 5.74) is 3.53. The highest BCUT2D eigenvalue weighted by Gasteiger charge is 2.13. The van der Waals surface area contributed by atoms with Crippen LogP contribution >= 0.6 is 0 Å². The van der Waals surface area contributed by atoms with Crippen LogP contribution in [0.2, 0.25) is 0 Å². The number of hydrogen-bond donors (Lipinski definition) is 0. The van der Waals surface area contributed by atoms with E-state index in [1.807, 2.05) is 43.3 Å². The van der Waals surface area contributed by atoms with Crippen molar-refractivity contribution in [3.8, 4) is 34.6 Å². The molecule has 0 saturated carbocycles. The van der Waals surface area contributed by atoms with E-state index in [1.54, 1.807) is 20.5 Å². The molecule has 0 unspecified atom stereocenters. The smallest absolute Gasteiger partial charge is 0.162 e. The quantitative estimate of drug-likeness (QED) is 0.692. The van der Waals surface area contributed by atoms with E-state index in [2.05, 4.69) is 21.8 Å². The van der Waals surface area contributed by atoms with Gasteiger partial charge in [-0.1, -0.05) is 24.1 Å². The first-order chi connectivity index (χ1) is 11.3. The molecule has 0 aliphatic rings. The van der Waals surface area contributed by atoms with Crippen LogP contribution in [-0.4, -0.2) is 24.2 Å². The Labute approximate surface area is 135 Å². The predicted octanol–water partition coefficient (Wildman–Crippen LogP) is 3.69. The molecule has 0 aliphatic carbocycles. The summed E-state index contributed by atoms with van der Waals surface area (Å²) in [5.74, 6) is 7.36. The third-order valence-electron chi connectivity index (χ3n) is 3.58. The maximum atomic E-state index is 5.40. The zero-order valence-corrected chi connectivity index (χ0v) is 13.3. The van der Waals surface area contributed by atoms with Gasteiger partial charge in [-0.2, -0.15) is 0 Å². The summed E-state index contributed by atoms with van der Waals surface area (Å²) in [4.78, 5) is 8.82. The second-order valence-electron chi connectivity index (χ2n) is 4.87. The summed E-state index contributed by atoms with van der Waals surface area (Å²) in [6.45, 7) is 1.82. The van der Waals surface area contributed by atoms with Gasteiger partial charge in [0.2, 0.25) is 0 Å². The normalized spacial score (nSPS) is 10.0. The molecule has 23 heavy (non-hydrogen) atoms. The lowest BCUT2D eigenvalue weighted by Crippen LogP contribution is -1.95.